The van der Waals surface area contributed by atoms with E-state index in [1.54, 1.807) is 0 Å². The SMILES string of the molecule is Cc1ccc(OCCCC(=O)NC(C)COc2ccc(C)cc2)cc1. The minimum absolute atomic E-state index is 0.0208. The zero-order valence-electron chi connectivity index (χ0n) is 15.2. The second-order valence-corrected chi connectivity index (χ2v) is 6.36. The van der Waals surface area contributed by atoms with Gasteiger partial charge in [0.15, 0.2) is 0 Å². The Morgan fingerprint density at radius 2 is 1.44 bits per heavy atom. The lowest BCUT2D eigenvalue weighted by molar-refractivity contribution is -0.122. The van der Waals surface area contributed by atoms with Crippen molar-refractivity contribution >= 4 is 5.91 Å². The Labute approximate surface area is 150 Å². The summed E-state index contributed by atoms with van der Waals surface area (Å²) in [4.78, 5) is 11.9. The average Bonchev–Trinajstić information content (AvgIpc) is 2.60. The third-order valence-corrected chi connectivity index (χ3v) is 3.77. The van der Waals surface area contributed by atoms with Crippen LogP contribution in [0.2, 0.25) is 0 Å². The number of ether oxygens (including phenoxy) is 2. The summed E-state index contributed by atoms with van der Waals surface area (Å²) in [5, 5.41) is 2.95. The van der Waals surface area contributed by atoms with Crippen LogP contribution in [0.15, 0.2) is 48.5 Å². The van der Waals surface area contributed by atoms with Crippen LogP contribution < -0.4 is 14.8 Å². The van der Waals surface area contributed by atoms with Gasteiger partial charge in [-0.2, -0.15) is 0 Å². The number of hydrogen-bond acceptors (Lipinski definition) is 3. The van der Waals surface area contributed by atoms with E-state index < -0.39 is 0 Å². The van der Waals surface area contributed by atoms with Crippen molar-refractivity contribution in [1.82, 2.24) is 5.32 Å². The minimum Gasteiger partial charge on any atom is -0.494 e. The molecular weight excluding hydrogens is 314 g/mol. The van der Waals surface area contributed by atoms with Crippen LogP contribution in [0, 0.1) is 13.8 Å². The molecule has 0 aliphatic rings. The number of carbonyl (C=O) groups is 1. The van der Waals surface area contributed by atoms with Crippen molar-refractivity contribution < 1.29 is 14.3 Å². The van der Waals surface area contributed by atoms with Crippen molar-refractivity contribution in [2.24, 2.45) is 0 Å². The Bertz CT molecular complexity index is 650. The Balaban J connectivity index is 1.59. The predicted octanol–water partition coefficient (Wildman–Crippen LogP) is 4.05. The normalized spacial score (nSPS) is 11.6. The zero-order valence-corrected chi connectivity index (χ0v) is 15.2. The number of hydrogen-bond donors (Lipinski definition) is 1. The molecule has 0 spiro atoms. The second kappa shape index (κ2) is 9.72. The van der Waals surface area contributed by atoms with Gasteiger partial charge in [0.2, 0.25) is 5.91 Å². The molecule has 25 heavy (non-hydrogen) atoms. The Hall–Kier alpha value is -2.49. The topological polar surface area (TPSA) is 47.6 Å². The smallest absolute Gasteiger partial charge is 0.220 e. The molecule has 2 aromatic rings. The maximum absolute atomic E-state index is 11.9. The van der Waals surface area contributed by atoms with Gasteiger partial charge >= 0.3 is 0 Å². The molecule has 0 aromatic heterocycles. The monoisotopic (exact) mass is 341 g/mol. The number of amides is 1. The number of aryl methyl sites for hydroxylation is 2. The summed E-state index contributed by atoms with van der Waals surface area (Å²) >= 11 is 0. The summed E-state index contributed by atoms with van der Waals surface area (Å²) in [6, 6.07) is 15.8. The Morgan fingerprint density at radius 3 is 2.00 bits per heavy atom. The predicted molar refractivity (Wildman–Crippen MR) is 100 cm³/mol. The standard InChI is InChI=1S/C21H27NO3/c1-16-6-10-19(11-7-16)24-14-4-5-21(23)22-18(3)15-25-20-12-8-17(2)9-13-20/h6-13,18H,4-5,14-15H2,1-3H3,(H,22,23). The summed E-state index contributed by atoms with van der Waals surface area (Å²) in [6.07, 6.45) is 1.13. The lowest BCUT2D eigenvalue weighted by Gasteiger charge is -2.15. The summed E-state index contributed by atoms with van der Waals surface area (Å²) in [5.74, 6) is 1.68. The van der Waals surface area contributed by atoms with Crippen molar-refractivity contribution in [1.29, 1.82) is 0 Å². The summed E-state index contributed by atoms with van der Waals surface area (Å²) < 4.78 is 11.3. The highest BCUT2D eigenvalue weighted by atomic mass is 16.5. The molecule has 134 valence electrons. The fraction of sp³-hybridized carbons (Fsp3) is 0.381. The number of benzene rings is 2. The van der Waals surface area contributed by atoms with Gasteiger partial charge in [-0.15, -0.1) is 0 Å². The molecule has 1 amide bonds. The van der Waals surface area contributed by atoms with Gasteiger partial charge in [0.25, 0.3) is 0 Å². The molecular formula is C21H27NO3. The minimum atomic E-state index is -0.0354. The van der Waals surface area contributed by atoms with Crippen LogP contribution in [-0.4, -0.2) is 25.2 Å². The van der Waals surface area contributed by atoms with E-state index in [9.17, 15) is 4.79 Å². The van der Waals surface area contributed by atoms with E-state index in [-0.39, 0.29) is 11.9 Å². The molecule has 1 unspecified atom stereocenters. The lowest BCUT2D eigenvalue weighted by Crippen LogP contribution is -2.36. The van der Waals surface area contributed by atoms with Gasteiger partial charge in [-0.05, 0) is 51.5 Å². The Morgan fingerprint density at radius 1 is 0.920 bits per heavy atom. The zero-order chi connectivity index (χ0) is 18.1. The summed E-state index contributed by atoms with van der Waals surface area (Å²) in [7, 11) is 0. The van der Waals surface area contributed by atoms with E-state index >= 15 is 0 Å². The van der Waals surface area contributed by atoms with Crippen LogP contribution in [0.3, 0.4) is 0 Å². The molecule has 1 N–H and O–H groups in total. The van der Waals surface area contributed by atoms with Crippen LogP contribution >= 0.6 is 0 Å². The van der Waals surface area contributed by atoms with E-state index in [0.29, 0.717) is 26.1 Å². The van der Waals surface area contributed by atoms with Gasteiger partial charge in [-0.25, -0.2) is 0 Å². The van der Waals surface area contributed by atoms with E-state index in [1.165, 1.54) is 11.1 Å². The maximum Gasteiger partial charge on any atom is 0.220 e. The molecule has 2 aromatic carbocycles. The van der Waals surface area contributed by atoms with Gasteiger partial charge in [0.1, 0.15) is 18.1 Å². The molecule has 0 radical (unpaired) electrons. The highest BCUT2D eigenvalue weighted by molar-refractivity contribution is 5.76. The molecule has 0 fully saturated rings. The van der Waals surface area contributed by atoms with E-state index in [0.717, 1.165) is 11.5 Å². The molecule has 4 nitrogen and oxygen atoms in total. The summed E-state index contributed by atoms with van der Waals surface area (Å²) in [6.45, 7) is 7.00. The molecule has 0 heterocycles. The molecule has 2 rings (SSSR count). The van der Waals surface area contributed by atoms with Crippen molar-refractivity contribution in [3.63, 3.8) is 0 Å². The first-order valence-corrected chi connectivity index (χ1v) is 8.71. The van der Waals surface area contributed by atoms with Crippen LogP contribution in [0.5, 0.6) is 11.5 Å². The van der Waals surface area contributed by atoms with Crippen molar-refractivity contribution in [3.05, 3.63) is 59.7 Å². The molecule has 0 aliphatic heterocycles. The number of carbonyl (C=O) groups excluding carboxylic acids is 1. The first-order valence-electron chi connectivity index (χ1n) is 8.71. The van der Waals surface area contributed by atoms with E-state index in [1.807, 2.05) is 69.3 Å². The second-order valence-electron chi connectivity index (χ2n) is 6.36. The number of nitrogens with one attached hydrogen (secondary N) is 1. The van der Waals surface area contributed by atoms with Crippen LogP contribution in [0.1, 0.15) is 30.9 Å². The molecule has 0 aliphatic carbocycles. The molecule has 0 saturated carbocycles. The Kier molecular flexibility index (Phi) is 7.33. The van der Waals surface area contributed by atoms with Gasteiger partial charge in [-0.1, -0.05) is 35.4 Å². The third-order valence-electron chi connectivity index (χ3n) is 3.77. The van der Waals surface area contributed by atoms with Crippen molar-refractivity contribution in [2.45, 2.75) is 39.7 Å². The third kappa shape index (κ3) is 7.29. The largest absolute Gasteiger partial charge is 0.494 e. The van der Waals surface area contributed by atoms with Gasteiger partial charge < -0.3 is 14.8 Å². The van der Waals surface area contributed by atoms with E-state index in [4.69, 9.17) is 9.47 Å². The summed E-state index contributed by atoms with van der Waals surface area (Å²) in [5.41, 5.74) is 2.40. The first kappa shape index (κ1) is 18.8. The highest BCUT2D eigenvalue weighted by Gasteiger charge is 2.08. The van der Waals surface area contributed by atoms with Crippen molar-refractivity contribution in [2.75, 3.05) is 13.2 Å². The molecule has 0 saturated heterocycles. The molecule has 0 bridgehead atoms. The molecule has 4 heteroatoms. The quantitative estimate of drug-likeness (QED) is 0.700. The fourth-order valence-corrected chi connectivity index (χ4v) is 2.30. The lowest BCUT2D eigenvalue weighted by atomic mass is 10.2. The maximum atomic E-state index is 11.9. The van der Waals surface area contributed by atoms with Gasteiger partial charge in [0.05, 0.1) is 12.6 Å². The number of rotatable bonds is 9. The molecule has 1 atom stereocenters. The van der Waals surface area contributed by atoms with Crippen molar-refractivity contribution in [3.8, 4) is 11.5 Å². The van der Waals surface area contributed by atoms with Gasteiger partial charge in [0, 0.05) is 6.42 Å². The van der Waals surface area contributed by atoms with Crippen LogP contribution in [-0.2, 0) is 4.79 Å². The van der Waals surface area contributed by atoms with Gasteiger partial charge in [-0.3, -0.25) is 4.79 Å². The van der Waals surface area contributed by atoms with Crippen LogP contribution in [0.4, 0.5) is 0 Å². The van der Waals surface area contributed by atoms with Crippen LogP contribution in [0.25, 0.3) is 0 Å². The highest BCUT2D eigenvalue weighted by Crippen LogP contribution is 2.12. The van der Waals surface area contributed by atoms with E-state index in [2.05, 4.69) is 5.32 Å². The fourth-order valence-electron chi connectivity index (χ4n) is 2.30. The first-order chi connectivity index (χ1) is 12.0. The average molecular weight is 341 g/mol.